The number of hydrogen-bond donors (Lipinski definition) is 1. The molecule has 0 saturated carbocycles. The quantitative estimate of drug-likeness (QED) is 0.932. The van der Waals surface area contributed by atoms with Crippen molar-refractivity contribution in [1.82, 2.24) is 5.32 Å². The van der Waals surface area contributed by atoms with Gasteiger partial charge in [-0.15, -0.1) is 0 Å². The highest BCUT2D eigenvalue weighted by Crippen LogP contribution is 2.34. The van der Waals surface area contributed by atoms with Crippen LogP contribution in [-0.2, 0) is 6.18 Å². The number of nitriles is 1. The highest BCUT2D eigenvalue weighted by molar-refractivity contribution is 5.54. The average Bonchev–Trinajstić information content (AvgIpc) is 2.46. The Labute approximate surface area is 122 Å². The summed E-state index contributed by atoms with van der Waals surface area (Å²) in [6, 6.07) is 5.50. The molecule has 1 heterocycles. The van der Waals surface area contributed by atoms with Gasteiger partial charge in [0.1, 0.15) is 0 Å². The molecule has 1 aliphatic heterocycles. The number of anilines is 1. The molecule has 0 amide bonds. The smallest absolute Gasteiger partial charge is 0.374 e. The number of rotatable bonds is 3. The molecule has 0 spiro atoms. The Morgan fingerprint density at radius 2 is 2.00 bits per heavy atom. The Hall–Kier alpha value is -1.74. The van der Waals surface area contributed by atoms with Crippen molar-refractivity contribution >= 4 is 5.69 Å². The number of hydrogen-bond acceptors (Lipinski definition) is 3. The van der Waals surface area contributed by atoms with Crippen LogP contribution in [0.2, 0.25) is 0 Å². The SMILES string of the molecule is CN(CC1CCNCC1)c1ccc(C#N)c(C(F)(F)F)c1. The minimum absolute atomic E-state index is 0.332. The summed E-state index contributed by atoms with van der Waals surface area (Å²) < 4.78 is 38.9. The Bertz CT molecular complexity index is 528. The van der Waals surface area contributed by atoms with Crippen LogP contribution in [0.25, 0.3) is 0 Å². The van der Waals surface area contributed by atoms with E-state index < -0.39 is 11.7 Å². The lowest BCUT2D eigenvalue weighted by Gasteiger charge is -2.29. The first-order valence-electron chi connectivity index (χ1n) is 6.95. The maximum atomic E-state index is 13.0. The molecule has 0 aliphatic carbocycles. The van der Waals surface area contributed by atoms with Gasteiger partial charge in [0.25, 0.3) is 0 Å². The van der Waals surface area contributed by atoms with Gasteiger partial charge in [-0.05, 0) is 50.0 Å². The van der Waals surface area contributed by atoms with Crippen LogP contribution in [0, 0.1) is 17.2 Å². The molecule has 0 unspecified atom stereocenters. The van der Waals surface area contributed by atoms with Crippen LogP contribution in [0.15, 0.2) is 18.2 Å². The van der Waals surface area contributed by atoms with Gasteiger partial charge in [-0.2, -0.15) is 18.4 Å². The molecule has 0 bridgehead atoms. The summed E-state index contributed by atoms with van der Waals surface area (Å²) in [5.41, 5.74) is -0.693. The van der Waals surface area contributed by atoms with E-state index in [1.165, 1.54) is 6.07 Å². The van der Waals surface area contributed by atoms with Crippen LogP contribution in [0.3, 0.4) is 0 Å². The molecule has 6 heteroatoms. The third kappa shape index (κ3) is 3.88. The molecular formula is C15H18F3N3. The lowest BCUT2D eigenvalue weighted by molar-refractivity contribution is -0.137. The third-order valence-corrected chi connectivity index (χ3v) is 3.86. The van der Waals surface area contributed by atoms with Gasteiger partial charge in [-0.3, -0.25) is 0 Å². The minimum atomic E-state index is -4.50. The summed E-state index contributed by atoms with van der Waals surface area (Å²) in [6.45, 7) is 2.64. The van der Waals surface area contributed by atoms with Gasteiger partial charge in [0.2, 0.25) is 0 Å². The van der Waals surface area contributed by atoms with Crippen molar-refractivity contribution in [2.75, 3.05) is 31.6 Å². The van der Waals surface area contributed by atoms with Crippen molar-refractivity contribution in [2.24, 2.45) is 5.92 Å². The second-order valence-corrected chi connectivity index (χ2v) is 5.41. The molecular weight excluding hydrogens is 279 g/mol. The molecule has 1 fully saturated rings. The Morgan fingerprint density at radius 1 is 1.33 bits per heavy atom. The van der Waals surface area contributed by atoms with Crippen LogP contribution in [-0.4, -0.2) is 26.7 Å². The van der Waals surface area contributed by atoms with E-state index in [1.807, 2.05) is 4.90 Å². The standard InChI is InChI=1S/C15H18F3N3/c1-21(10-11-4-6-20-7-5-11)13-3-2-12(9-19)14(8-13)15(16,17)18/h2-3,8,11,20H,4-7,10H2,1H3. The fourth-order valence-electron chi connectivity index (χ4n) is 2.66. The van der Waals surface area contributed by atoms with Gasteiger partial charge < -0.3 is 10.2 Å². The number of halogens is 3. The van der Waals surface area contributed by atoms with Crippen molar-refractivity contribution in [1.29, 1.82) is 5.26 Å². The van der Waals surface area contributed by atoms with Crippen LogP contribution in [0.4, 0.5) is 18.9 Å². The predicted octanol–water partition coefficient (Wildman–Crippen LogP) is 3.01. The molecule has 0 atom stereocenters. The number of piperidine rings is 1. The van der Waals surface area contributed by atoms with Crippen LogP contribution < -0.4 is 10.2 Å². The third-order valence-electron chi connectivity index (χ3n) is 3.86. The van der Waals surface area contributed by atoms with Crippen molar-refractivity contribution in [3.8, 4) is 6.07 Å². The first-order valence-corrected chi connectivity index (χ1v) is 6.95. The molecule has 2 rings (SSSR count). The summed E-state index contributed by atoms with van der Waals surface area (Å²) in [4.78, 5) is 1.84. The van der Waals surface area contributed by atoms with Gasteiger partial charge in [0.15, 0.2) is 0 Å². The van der Waals surface area contributed by atoms with E-state index in [4.69, 9.17) is 5.26 Å². The number of nitrogens with one attached hydrogen (secondary N) is 1. The van der Waals surface area contributed by atoms with Crippen molar-refractivity contribution in [3.63, 3.8) is 0 Å². The zero-order chi connectivity index (χ0) is 15.5. The van der Waals surface area contributed by atoms with Gasteiger partial charge in [0, 0.05) is 19.3 Å². The van der Waals surface area contributed by atoms with E-state index in [9.17, 15) is 13.2 Å². The van der Waals surface area contributed by atoms with Gasteiger partial charge in [0.05, 0.1) is 17.2 Å². The maximum absolute atomic E-state index is 13.0. The van der Waals surface area contributed by atoms with E-state index in [0.29, 0.717) is 11.6 Å². The fourth-order valence-corrected chi connectivity index (χ4v) is 2.66. The van der Waals surface area contributed by atoms with Crippen molar-refractivity contribution < 1.29 is 13.2 Å². The fraction of sp³-hybridized carbons (Fsp3) is 0.533. The van der Waals surface area contributed by atoms with E-state index in [1.54, 1.807) is 19.2 Å². The lowest BCUT2D eigenvalue weighted by atomic mass is 9.97. The number of alkyl halides is 3. The largest absolute Gasteiger partial charge is 0.417 e. The molecule has 3 nitrogen and oxygen atoms in total. The predicted molar refractivity (Wildman–Crippen MR) is 75.0 cm³/mol. The molecule has 1 aromatic carbocycles. The van der Waals surface area contributed by atoms with E-state index in [2.05, 4.69) is 5.32 Å². The summed E-state index contributed by atoms with van der Waals surface area (Å²) in [7, 11) is 1.80. The van der Waals surface area contributed by atoms with Crippen molar-refractivity contribution in [3.05, 3.63) is 29.3 Å². The summed E-state index contributed by atoms with van der Waals surface area (Å²) in [5.74, 6) is 0.487. The number of benzene rings is 1. The summed E-state index contributed by atoms with van der Waals surface area (Å²) >= 11 is 0. The number of nitrogens with zero attached hydrogens (tertiary/aromatic N) is 2. The van der Waals surface area contributed by atoms with Crippen molar-refractivity contribution in [2.45, 2.75) is 19.0 Å². The molecule has 1 aromatic rings. The zero-order valence-corrected chi connectivity index (χ0v) is 11.9. The van der Waals surface area contributed by atoms with Gasteiger partial charge >= 0.3 is 6.18 Å². The Morgan fingerprint density at radius 3 is 2.57 bits per heavy atom. The lowest BCUT2D eigenvalue weighted by Crippen LogP contribution is -2.34. The second-order valence-electron chi connectivity index (χ2n) is 5.41. The summed E-state index contributed by atoms with van der Waals surface area (Å²) in [5, 5.41) is 12.1. The first-order chi connectivity index (χ1) is 9.91. The highest BCUT2D eigenvalue weighted by Gasteiger charge is 2.34. The van der Waals surface area contributed by atoms with E-state index >= 15 is 0 Å². The maximum Gasteiger partial charge on any atom is 0.417 e. The highest BCUT2D eigenvalue weighted by atomic mass is 19.4. The van der Waals surface area contributed by atoms with Gasteiger partial charge in [-0.1, -0.05) is 0 Å². The molecule has 21 heavy (non-hydrogen) atoms. The summed E-state index contributed by atoms with van der Waals surface area (Å²) in [6.07, 6.45) is -2.43. The second kappa shape index (κ2) is 6.35. The Kier molecular flexibility index (Phi) is 4.73. The Balaban J connectivity index is 2.17. The molecule has 0 aromatic heterocycles. The molecule has 114 valence electrons. The van der Waals surface area contributed by atoms with E-state index in [-0.39, 0.29) is 5.56 Å². The minimum Gasteiger partial charge on any atom is -0.374 e. The van der Waals surface area contributed by atoms with Crippen LogP contribution in [0.5, 0.6) is 0 Å². The molecule has 0 radical (unpaired) electrons. The van der Waals surface area contributed by atoms with Crippen LogP contribution >= 0.6 is 0 Å². The van der Waals surface area contributed by atoms with E-state index in [0.717, 1.165) is 38.5 Å². The monoisotopic (exact) mass is 297 g/mol. The van der Waals surface area contributed by atoms with Crippen LogP contribution in [0.1, 0.15) is 24.0 Å². The van der Waals surface area contributed by atoms with Gasteiger partial charge in [-0.25, -0.2) is 0 Å². The molecule has 1 saturated heterocycles. The average molecular weight is 297 g/mol. The molecule has 1 N–H and O–H groups in total. The zero-order valence-electron chi connectivity index (χ0n) is 11.9. The topological polar surface area (TPSA) is 39.1 Å². The normalized spacial score (nSPS) is 16.5. The first kappa shape index (κ1) is 15.6. The molecule has 1 aliphatic rings.